The highest BCUT2D eigenvalue weighted by Gasteiger charge is 2.32. The largest absolute Gasteiger partial charge is 0.317 e. The van der Waals surface area contributed by atoms with Crippen molar-refractivity contribution >= 4 is 45.6 Å². The van der Waals surface area contributed by atoms with Gasteiger partial charge in [0.25, 0.3) is 0 Å². The van der Waals surface area contributed by atoms with Crippen molar-refractivity contribution in [2.24, 2.45) is 0 Å². The lowest BCUT2D eigenvalue weighted by Gasteiger charge is -2.31. The highest BCUT2D eigenvalue weighted by molar-refractivity contribution is 7.89. The summed E-state index contributed by atoms with van der Waals surface area (Å²) in [6.45, 7) is 0.774. The Balaban J connectivity index is 0.00000220. The van der Waals surface area contributed by atoms with E-state index < -0.39 is 15.8 Å². The van der Waals surface area contributed by atoms with E-state index in [1.54, 1.807) is 0 Å². The van der Waals surface area contributed by atoms with Gasteiger partial charge in [0, 0.05) is 19.1 Å². The number of sulfonamides is 1. The Morgan fingerprint density at radius 2 is 1.71 bits per heavy atom. The van der Waals surface area contributed by atoms with Gasteiger partial charge >= 0.3 is 0 Å². The van der Waals surface area contributed by atoms with Crippen LogP contribution in [-0.4, -0.2) is 38.9 Å². The third-order valence-electron chi connectivity index (χ3n) is 3.42. The fourth-order valence-electron chi connectivity index (χ4n) is 2.29. The van der Waals surface area contributed by atoms with E-state index in [4.69, 9.17) is 23.2 Å². The molecule has 0 aromatic heterocycles. The van der Waals surface area contributed by atoms with Crippen LogP contribution in [0.5, 0.6) is 0 Å². The Morgan fingerprint density at radius 1 is 1.24 bits per heavy atom. The van der Waals surface area contributed by atoms with Gasteiger partial charge in [0.2, 0.25) is 10.0 Å². The number of piperidine rings is 1. The standard InChI is InChI=1S/C12H15Cl2FN2O2S.ClH/c1-16-9-2-4-17(5-3-9)20(18,19)12-10(13)6-8(15)7-11(12)14;/h6-7,9,16H,2-5H2,1H3;1H. The molecule has 1 aliphatic heterocycles. The number of nitrogens with zero attached hydrogens (tertiary/aromatic N) is 1. The molecule has 1 saturated heterocycles. The van der Waals surface area contributed by atoms with Crippen LogP contribution in [0.4, 0.5) is 4.39 Å². The summed E-state index contributed by atoms with van der Waals surface area (Å²) in [7, 11) is -1.95. The molecule has 1 heterocycles. The second kappa shape index (κ2) is 7.44. The van der Waals surface area contributed by atoms with Crippen LogP contribution in [0.15, 0.2) is 17.0 Å². The first-order valence-corrected chi connectivity index (χ1v) is 8.38. The molecule has 1 aromatic rings. The van der Waals surface area contributed by atoms with Crippen molar-refractivity contribution in [3.8, 4) is 0 Å². The molecule has 2 rings (SSSR count). The summed E-state index contributed by atoms with van der Waals surface area (Å²) in [4.78, 5) is -0.217. The minimum Gasteiger partial charge on any atom is -0.317 e. The van der Waals surface area contributed by atoms with Crippen molar-refractivity contribution in [1.82, 2.24) is 9.62 Å². The Kier molecular flexibility index (Phi) is 6.71. The van der Waals surface area contributed by atoms with Crippen LogP contribution in [0.3, 0.4) is 0 Å². The van der Waals surface area contributed by atoms with Crippen molar-refractivity contribution in [2.45, 2.75) is 23.8 Å². The molecule has 1 fully saturated rings. The van der Waals surface area contributed by atoms with E-state index in [-0.39, 0.29) is 27.3 Å². The molecule has 0 saturated carbocycles. The van der Waals surface area contributed by atoms with E-state index >= 15 is 0 Å². The Labute approximate surface area is 140 Å². The summed E-state index contributed by atoms with van der Waals surface area (Å²) in [6, 6.07) is 2.22. The molecule has 0 spiro atoms. The predicted molar refractivity (Wildman–Crippen MR) is 84.5 cm³/mol. The van der Waals surface area contributed by atoms with Gasteiger partial charge < -0.3 is 5.32 Å². The lowest BCUT2D eigenvalue weighted by molar-refractivity contribution is 0.298. The minimum atomic E-state index is -3.80. The predicted octanol–water partition coefficient (Wildman–Crippen LogP) is 2.93. The number of hydrogen-bond donors (Lipinski definition) is 1. The fourth-order valence-corrected chi connectivity index (χ4v) is 4.90. The third-order valence-corrected chi connectivity index (χ3v) is 6.24. The van der Waals surface area contributed by atoms with E-state index in [1.807, 2.05) is 7.05 Å². The number of rotatable bonds is 3. The number of nitrogens with one attached hydrogen (secondary N) is 1. The van der Waals surface area contributed by atoms with Gasteiger partial charge in [0.05, 0.1) is 10.0 Å². The van der Waals surface area contributed by atoms with Gasteiger partial charge in [-0.05, 0) is 32.0 Å². The molecule has 1 N–H and O–H groups in total. The average Bonchev–Trinajstić information content (AvgIpc) is 2.37. The summed E-state index contributed by atoms with van der Waals surface area (Å²) in [5.74, 6) is -0.659. The highest BCUT2D eigenvalue weighted by atomic mass is 35.5. The van der Waals surface area contributed by atoms with Gasteiger partial charge in [-0.15, -0.1) is 12.4 Å². The summed E-state index contributed by atoms with van der Waals surface area (Å²) < 4.78 is 39.6. The van der Waals surface area contributed by atoms with E-state index in [0.29, 0.717) is 32.0 Å². The SMILES string of the molecule is CNC1CCN(S(=O)(=O)c2c(Cl)cc(F)cc2Cl)CC1.Cl. The molecular weight excluding hydrogens is 362 g/mol. The molecule has 1 aromatic carbocycles. The summed E-state index contributed by atoms with van der Waals surface area (Å²) in [5, 5.41) is 2.74. The van der Waals surface area contributed by atoms with E-state index in [2.05, 4.69) is 5.32 Å². The second-order valence-electron chi connectivity index (χ2n) is 4.67. The molecule has 0 amide bonds. The van der Waals surface area contributed by atoms with Crippen molar-refractivity contribution in [3.63, 3.8) is 0 Å². The van der Waals surface area contributed by atoms with Gasteiger partial charge in [0.15, 0.2) is 0 Å². The van der Waals surface area contributed by atoms with Crippen molar-refractivity contribution in [2.75, 3.05) is 20.1 Å². The van der Waals surface area contributed by atoms with Gasteiger partial charge in [0.1, 0.15) is 10.7 Å². The van der Waals surface area contributed by atoms with Crippen LogP contribution in [-0.2, 0) is 10.0 Å². The zero-order valence-corrected chi connectivity index (χ0v) is 14.4. The van der Waals surface area contributed by atoms with E-state index in [0.717, 1.165) is 12.1 Å². The molecule has 4 nitrogen and oxygen atoms in total. The monoisotopic (exact) mass is 376 g/mol. The molecule has 0 aliphatic carbocycles. The molecule has 0 bridgehead atoms. The van der Waals surface area contributed by atoms with Crippen molar-refractivity contribution in [1.29, 1.82) is 0 Å². The molecule has 0 atom stereocenters. The van der Waals surface area contributed by atoms with Crippen molar-refractivity contribution < 1.29 is 12.8 Å². The molecule has 9 heteroatoms. The van der Waals surface area contributed by atoms with Crippen LogP contribution in [0.25, 0.3) is 0 Å². The second-order valence-corrected chi connectivity index (χ2v) is 7.35. The van der Waals surface area contributed by atoms with E-state index in [1.165, 1.54) is 4.31 Å². The first kappa shape index (κ1) is 18.9. The van der Waals surface area contributed by atoms with Crippen LogP contribution < -0.4 is 5.32 Å². The van der Waals surface area contributed by atoms with Gasteiger partial charge in [-0.25, -0.2) is 12.8 Å². The lowest BCUT2D eigenvalue weighted by Crippen LogP contribution is -2.44. The van der Waals surface area contributed by atoms with E-state index in [9.17, 15) is 12.8 Å². The van der Waals surface area contributed by atoms with Crippen LogP contribution in [0.1, 0.15) is 12.8 Å². The first-order valence-electron chi connectivity index (χ1n) is 6.18. The number of halogens is 4. The minimum absolute atomic E-state index is 0. The average molecular weight is 378 g/mol. The Hall–Kier alpha value is -0.110. The maximum atomic E-state index is 13.2. The molecule has 0 unspecified atom stereocenters. The van der Waals surface area contributed by atoms with Gasteiger partial charge in [-0.3, -0.25) is 0 Å². The zero-order valence-electron chi connectivity index (χ0n) is 11.3. The topological polar surface area (TPSA) is 49.4 Å². The molecule has 120 valence electrons. The maximum Gasteiger partial charge on any atom is 0.246 e. The smallest absolute Gasteiger partial charge is 0.246 e. The molecular formula is C12H16Cl3FN2O2S. The summed E-state index contributed by atoms with van der Waals surface area (Å²) in [5.41, 5.74) is 0. The third kappa shape index (κ3) is 4.00. The summed E-state index contributed by atoms with van der Waals surface area (Å²) in [6.07, 6.45) is 1.43. The molecule has 21 heavy (non-hydrogen) atoms. The Morgan fingerprint density at radius 3 is 2.14 bits per heavy atom. The normalized spacial score (nSPS) is 17.5. The maximum absolute atomic E-state index is 13.2. The molecule has 0 radical (unpaired) electrons. The van der Waals surface area contributed by atoms with Crippen LogP contribution in [0.2, 0.25) is 10.0 Å². The number of benzene rings is 1. The molecule has 1 aliphatic rings. The quantitative estimate of drug-likeness (QED) is 0.881. The zero-order chi connectivity index (χ0) is 14.9. The number of hydrogen-bond acceptors (Lipinski definition) is 3. The van der Waals surface area contributed by atoms with Crippen LogP contribution in [0, 0.1) is 5.82 Å². The Bertz CT molecular complexity index is 582. The van der Waals surface area contributed by atoms with Crippen LogP contribution >= 0.6 is 35.6 Å². The lowest BCUT2D eigenvalue weighted by atomic mass is 10.1. The van der Waals surface area contributed by atoms with Gasteiger partial charge in [-0.2, -0.15) is 4.31 Å². The van der Waals surface area contributed by atoms with Crippen molar-refractivity contribution in [3.05, 3.63) is 28.0 Å². The fraction of sp³-hybridized carbons (Fsp3) is 0.500. The highest BCUT2D eigenvalue weighted by Crippen LogP contribution is 2.33. The summed E-state index contributed by atoms with van der Waals surface area (Å²) >= 11 is 11.7. The first-order chi connectivity index (χ1) is 9.36. The van der Waals surface area contributed by atoms with Gasteiger partial charge in [-0.1, -0.05) is 23.2 Å².